The lowest BCUT2D eigenvalue weighted by Crippen LogP contribution is -2.01. The third-order valence-electron chi connectivity index (χ3n) is 3.48. The van der Waals surface area contributed by atoms with Gasteiger partial charge in [0.25, 0.3) is 0 Å². The van der Waals surface area contributed by atoms with Crippen LogP contribution in [0.3, 0.4) is 0 Å². The molecule has 0 saturated heterocycles. The van der Waals surface area contributed by atoms with Crippen molar-refractivity contribution >= 4 is 22.5 Å². The number of para-hydroxylation sites is 2. The number of benzene rings is 2. The van der Waals surface area contributed by atoms with Crippen LogP contribution in [0.5, 0.6) is 0 Å². The number of hydrogen-bond donors (Lipinski definition) is 1. The first-order chi connectivity index (χ1) is 11.3. The van der Waals surface area contributed by atoms with Crippen LogP contribution in [0.25, 0.3) is 16.7 Å². The topological polar surface area (TPSA) is 55.6 Å². The summed E-state index contributed by atoms with van der Waals surface area (Å²) in [6, 6.07) is 16.1. The third kappa shape index (κ3) is 2.40. The van der Waals surface area contributed by atoms with Gasteiger partial charge in [-0.3, -0.25) is 0 Å². The molecule has 6 heteroatoms. The Kier molecular flexibility index (Phi) is 3.20. The zero-order valence-corrected chi connectivity index (χ0v) is 12.0. The minimum absolute atomic E-state index is 0.353. The predicted octanol–water partition coefficient (Wildman–Crippen LogP) is 3.70. The second-order valence-electron chi connectivity index (χ2n) is 4.96. The number of rotatable bonds is 3. The van der Waals surface area contributed by atoms with E-state index in [2.05, 4.69) is 20.4 Å². The fraction of sp³-hybridized carbons (Fsp3) is 0. The third-order valence-corrected chi connectivity index (χ3v) is 3.48. The van der Waals surface area contributed by atoms with E-state index in [1.807, 2.05) is 30.3 Å². The van der Waals surface area contributed by atoms with Crippen molar-refractivity contribution in [2.75, 3.05) is 5.32 Å². The van der Waals surface area contributed by atoms with Crippen LogP contribution in [0.15, 0.2) is 67.1 Å². The molecule has 4 aromatic rings. The van der Waals surface area contributed by atoms with E-state index in [1.165, 1.54) is 17.1 Å². The van der Waals surface area contributed by atoms with Gasteiger partial charge in [-0.2, -0.15) is 5.10 Å². The van der Waals surface area contributed by atoms with E-state index in [0.29, 0.717) is 17.2 Å². The summed E-state index contributed by atoms with van der Waals surface area (Å²) in [5.41, 5.74) is 1.81. The van der Waals surface area contributed by atoms with Gasteiger partial charge < -0.3 is 5.32 Å². The molecule has 112 valence electrons. The maximum atomic E-state index is 14.0. The Labute approximate surface area is 131 Å². The van der Waals surface area contributed by atoms with Crippen molar-refractivity contribution < 1.29 is 4.39 Å². The van der Waals surface area contributed by atoms with Crippen LogP contribution >= 0.6 is 0 Å². The average Bonchev–Trinajstić information content (AvgIpc) is 3.01. The molecule has 4 rings (SSSR count). The standard InChI is InChI=1S/C17H12FN5/c18-14-8-4-5-9-15(14)23-17-13(10-21-23)16(19-11-20-17)22-12-6-2-1-3-7-12/h1-11H,(H,19,20,22). The maximum Gasteiger partial charge on any atom is 0.168 e. The van der Waals surface area contributed by atoms with Crippen molar-refractivity contribution in [2.24, 2.45) is 0 Å². The molecule has 0 radical (unpaired) electrons. The smallest absolute Gasteiger partial charge is 0.168 e. The summed E-state index contributed by atoms with van der Waals surface area (Å²) < 4.78 is 15.5. The molecule has 0 aliphatic heterocycles. The van der Waals surface area contributed by atoms with Crippen LogP contribution in [-0.2, 0) is 0 Å². The van der Waals surface area contributed by atoms with Crippen molar-refractivity contribution in [3.8, 4) is 5.69 Å². The van der Waals surface area contributed by atoms with Crippen molar-refractivity contribution in [3.05, 3.63) is 72.9 Å². The number of nitrogens with one attached hydrogen (secondary N) is 1. The van der Waals surface area contributed by atoms with E-state index in [1.54, 1.807) is 24.4 Å². The molecule has 23 heavy (non-hydrogen) atoms. The molecule has 2 heterocycles. The Hall–Kier alpha value is -3.28. The molecule has 0 fully saturated rings. The normalized spacial score (nSPS) is 10.8. The quantitative estimate of drug-likeness (QED) is 0.627. The summed E-state index contributed by atoms with van der Waals surface area (Å²) in [4.78, 5) is 8.51. The highest BCUT2D eigenvalue weighted by molar-refractivity contribution is 5.89. The van der Waals surface area contributed by atoms with Crippen LogP contribution in [0.1, 0.15) is 0 Å². The molecule has 0 aliphatic carbocycles. The van der Waals surface area contributed by atoms with Gasteiger partial charge in [0.2, 0.25) is 0 Å². The van der Waals surface area contributed by atoms with Gasteiger partial charge >= 0.3 is 0 Å². The number of aromatic nitrogens is 4. The van der Waals surface area contributed by atoms with Crippen molar-refractivity contribution in [2.45, 2.75) is 0 Å². The zero-order chi connectivity index (χ0) is 15.6. The van der Waals surface area contributed by atoms with Gasteiger partial charge in [0.15, 0.2) is 5.65 Å². The number of hydrogen-bond acceptors (Lipinski definition) is 4. The Morgan fingerprint density at radius 1 is 0.913 bits per heavy atom. The fourth-order valence-electron chi connectivity index (χ4n) is 2.40. The molecule has 0 bridgehead atoms. The first-order valence-corrected chi connectivity index (χ1v) is 7.08. The largest absolute Gasteiger partial charge is 0.340 e. The highest BCUT2D eigenvalue weighted by atomic mass is 19.1. The Morgan fingerprint density at radius 3 is 2.52 bits per heavy atom. The van der Waals surface area contributed by atoms with E-state index in [-0.39, 0.29) is 5.82 Å². The van der Waals surface area contributed by atoms with Crippen LogP contribution in [0, 0.1) is 5.82 Å². The highest BCUT2D eigenvalue weighted by Gasteiger charge is 2.13. The fourth-order valence-corrected chi connectivity index (χ4v) is 2.40. The Balaban J connectivity index is 1.83. The maximum absolute atomic E-state index is 14.0. The molecule has 0 amide bonds. The lowest BCUT2D eigenvalue weighted by Gasteiger charge is -2.07. The van der Waals surface area contributed by atoms with Crippen molar-refractivity contribution in [1.29, 1.82) is 0 Å². The summed E-state index contributed by atoms with van der Waals surface area (Å²) in [5.74, 6) is 0.275. The van der Waals surface area contributed by atoms with E-state index in [4.69, 9.17) is 0 Å². The lowest BCUT2D eigenvalue weighted by molar-refractivity contribution is 0.612. The van der Waals surface area contributed by atoms with Crippen molar-refractivity contribution in [1.82, 2.24) is 19.7 Å². The molecule has 1 N–H and O–H groups in total. The van der Waals surface area contributed by atoms with E-state index >= 15 is 0 Å². The monoisotopic (exact) mass is 305 g/mol. The number of halogens is 1. The number of anilines is 2. The Morgan fingerprint density at radius 2 is 1.70 bits per heavy atom. The minimum Gasteiger partial charge on any atom is -0.340 e. The van der Waals surface area contributed by atoms with Gasteiger partial charge in [0.1, 0.15) is 23.6 Å². The Bertz CT molecular complexity index is 965. The second kappa shape index (κ2) is 5.49. The molecule has 5 nitrogen and oxygen atoms in total. The van der Waals surface area contributed by atoms with Gasteiger partial charge in [-0.15, -0.1) is 0 Å². The van der Waals surface area contributed by atoms with E-state index < -0.39 is 0 Å². The van der Waals surface area contributed by atoms with Gasteiger partial charge in [0.05, 0.1) is 11.6 Å². The summed E-state index contributed by atoms with van der Waals surface area (Å²) in [6.45, 7) is 0. The first kappa shape index (κ1) is 13.4. The summed E-state index contributed by atoms with van der Waals surface area (Å²) >= 11 is 0. The second-order valence-corrected chi connectivity index (χ2v) is 4.96. The summed E-state index contributed by atoms with van der Waals surface area (Å²) in [7, 11) is 0. The number of nitrogens with zero attached hydrogens (tertiary/aromatic N) is 4. The molecule has 0 spiro atoms. The van der Waals surface area contributed by atoms with Gasteiger partial charge in [-0.1, -0.05) is 30.3 Å². The minimum atomic E-state index is -0.353. The lowest BCUT2D eigenvalue weighted by atomic mass is 10.3. The summed E-state index contributed by atoms with van der Waals surface area (Å²) in [5, 5.41) is 8.21. The van der Waals surface area contributed by atoms with Crippen molar-refractivity contribution in [3.63, 3.8) is 0 Å². The molecule has 2 aromatic carbocycles. The van der Waals surface area contributed by atoms with Crippen LogP contribution in [-0.4, -0.2) is 19.7 Å². The SMILES string of the molecule is Fc1ccccc1-n1ncc2c(Nc3ccccc3)ncnc21. The van der Waals surface area contributed by atoms with Crippen LogP contribution < -0.4 is 5.32 Å². The first-order valence-electron chi connectivity index (χ1n) is 7.08. The average molecular weight is 305 g/mol. The van der Waals surface area contributed by atoms with Crippen LogP contribution in [0.2, 0.25) is 0 Å². The predicted molar refractivity (Wildman–Crippen MR) is 86.3 cm³/mol. The molecule has 0 unspecified atom stereocenters. The molecule has 0 atom stereocenters. The molecule has 2 aromatic heterocycles. The molecular formula is C17H12FN5. The number of fused-ring (bicyclic) bond motifs is 1. The van der Waals surface area contributed by atoms with E-state index in [9.17, 15) is 4.39 Å². The zero-order valence-electron chi connectivity index (χ0n) is 12.0. The van der Waals surface area contributed by atoms with Gasteiger partial charge in [-0.25, -0.2) is 19.0 Å². The van der Waals surface area contributed by atoms with Crippen LogP contribution in [0.4, 0.5) is 15.9 Å². The molecule has 0 saturated carbocycles. The van der Waals surface area contributed by atoms with Gasteiger partial charge in [0, 0.05) is 5.69 Å². The highest BCUT2D eigenvalue weighted by Crippen LogP contribution is 2.25. The van der Waals surface area contributed by atoms with Gasteiger partial charge in [-0.05, 0) is 24.3 Å². The van der Waals surface area contributed by atoms with E-state index in [0.717, 1.165) is 11.1 Å². The summed E-state index contributed by atoms with van der Waals surface area (Å²) in [6.07, 6.45) is 3.07. The molecule has 0 aliphatic rings. The molecular weight excluding hydrogens is 293 g/mol.